The summed E-state index contributed by atoms with van der Waals surface area (Å²) in [5, 5.41) is 0.653. The molecular weight excluding hydrogens is 384 g/mol. The number of nitrogens with two attached hydrogens (primary N) is 1. The number of ether oxygens (including phenoxy) is 1. The van der Waals surface area contributed by atoms with E-state index in [0.29, 0.717) is 42.6 Å². The highest BCUT2D eigenvalue weighted by atomic mass is 35.5. The number of halogens is 1. The van der Waals surface area contributed by atoms with Gasteiger partial charge in [0.15, 0.2) is 0 Å². The summed E-state index contributed by atoms with van der Waals surface area (Å²) in [6, 6.07) is 24.8. The molecule has 29 heavy (non-hydrogen) atoms. The molecule has 0 heterocycles. The Hall–Kier alpha value is -2.82. The van der Waals surface area contributed by atoms with Crippen LogP contribution >= 0.6 is 11.6 Å². The maximum atomic E-state index is 13.3. The van der Waals surface area contributed by atoms with Crippen molar-refractivity contribution in [1.82, 2.24) is 4.90 Å². The van der Waals surface area contributed by atoms with Gasteiger partial charge >= 0.3 is 0 Å². The van der Waals surface area contributed by atoms with Gasteiger partial charge in [-0.25, -0.2) is 0 Å². The van der Waals surface area contributed by atoms with Gasteiger partial charge in [-0.2, -0.15) is 0 Å². The highest BCUT2D eigenvalue weighted by Crippen LogP contribution is 2.23. The molecule has 0 aliphatic heterocycles. The Bertz CT molecular complexity index is 931. The average molecular weight is 409 g/mol. The zero-order valence-electron chi connectivity index (χ0n) is 16.3. The normalized spacial score (nSPS) is 10.6. The van der Waals surface area contributed by atoms with E-state index in [-0.39, 0.29) is 5.91 Å². The molecule has 0 aliphatic rings. The number of para-hydroxylation sites is 1. The summed E-state index contributed by atoms with van der Waals surface area (Å²) in [6.45, 7) is 1.95. The van der Waals surface area contributed by atoms with Crippen LogP contribution in [-0.4, -0.2) is 23.9 Å². The number of amides is 1. The summed E-state index contributed by atoms with van der Waals surface area (Å²) in [7, 11) is 0. The van der Waals surface area contributed by atoms with Gasteiger partial charge in [0.2, 0.25) is 0 Å². The predicted octanol–water partition coefficient (Wildman–Crippen LogP) is 4.91. The Morgan fingerprint density at radius 1 is 0.931 bits per heavy atom. The first-order valence-corrected chi connectivity index (χ1v) is 10.0. The minimum absolute atomic E-state index is 0.0814. The molecule has 0 radical (unpaired) electrons. The lowest BCUT2D eigenvalue weighted by atomic mass is 10.1. The Morgan fingerprint density at radius 3 is 2.41 bits per heavy atom. The Morgan fingerprint density at radius 2 is 1.66 bits per heavy atom. The molecule has 1 amide bonds. The van der Waals surface area contributed by atoms with Gasteiger partial charge in [0.25, 0.3) is 5.91 Å². The molecule has 0 fully saturated rings. The van der Waals surface area contributed by atoms with Crippen LogP contribution in [0.4, 0.5) is 0 Å². The first-order chi connectivity index (χ1) is 14.2. The van der Waals surface area contributed by atoms with Gasteiger partial charge in [0.05, 0.1) is 5.56 Å². The van der Waals surface area contributed by atoms with Crippen LogP contribution in [0.3, 0.4) is 0 Å². The van der Waals surface area contributed by atoms with Gasteiger partial charge in [-0.05, 0) is 48.4 Å². The van der Waals surface area contributed by atoms with Crippen molar-refractivity contribution in [2.75, 3.05) is 13.1 Å². The number of benzene rings is 3. The molecule has 3 aromatic rings. The molecule has 2 N–H and O–H groups in total. The molecule has 3 rings (SSSR count). The zero-order chi connectivity index (χ0) is 20.5. The van der Waals surface area contributed by atoms with Crippen molar-refractivity contribution in [2.24, 2.45) is 5.73 Å². The van der Waals surface area contributed by atoms with Crippen molar-refractivity contribution in [2.45, 2.75) is 19.6 Å². The number of nitrogens with zero attached hydrogens (tertiary/aromatic N) is 1. The zero-order valence-corrected chi connectivity index (χ0v) is 17.0. The van der Waals surface area contributed by atoms with Crippen molar-refractivity contribution in [3.63, 3.8) is 0 Å². The van der Waals surface area contributed by atoms with Crippen molar-refractivity contribution < 1.29 is 9.53 Å². The Kier molecular flexibility index (Phi) is 7.68. The molecule has 0 atom stereocenters. The highest BCUT2D eigenvalue weighted by Gasteiger charge is 2.20. The predicted molar refractivity (Wildman–Crippen MR) is 117 cm³/mol. The van der Waals surface area contributed by atoms with E-state index in [9.17, 15) is 4.79 Å². The number of hydrogen-bond acceptors (Lipinski definition) is 3. The minimum atomic E-state index is -0.0814. The van der Waals surface area contributed by atoms with Crippen molar-refractivity contribution in [1.29, 1.82) is 0 Å². The second-order valence-electron chi connectivity index (χ2n) is 6.77. The fourth-order valence-electron chi connectivity index (χ4n) is 3.07. The molecule has 0 spiro atoms. The van der Waals surface area contributed by atoms with Crippen molar-refractivity contribution in [3.05, 3.63) is 101 Å². The third-order valence-electron chi connectivity index (χ3n) is 4.54. The number of rotatable bonds is 9. The van der Waals surface area contributed by atoms with E-state index in [0.717, 1.165) is 17.5 Å². The van der Waals surface area contributed by atoms with Gasteiger partial charge in [-0.15, -0.1) is 0 Å². The van der Waals surface area contributed by atoms with Gasteiger partial charge in [0.1, 0.15) is 12.4 Å². The monoisotopic (exact) mass is 408 g/mol. The summed E-state index contributed by atoms with van der Waals surface area (Å²) in [4.78, 5) is 15.1. The maximum absolute atomic E-state index is 13.3. The van der Waals surface area contributed by atoms with E-state index in [2.05, 4.69) is 0 Å². The second kappa shape index (κ2) is 10.6. The molecule has 5 heteroatoms. The van der Waals surface area contributed by atoms with Crippen LogP contribution in [0, 0.1) is 0 Å². The van der Waals surface area contributed by atoms with E-state index >= 15 is 0 Å². The maximum Gasteiger partial charge on any atom is 0.257 e. The molecule has 0 saturated heterocycles. The fraction of sp³-hybridized carbons (Fsp3) is 0.208. The van der Waals surface area contributed by atoms with E-state index in [1.807, 2.05) is 72.8 Å². The molecule has 0 saturated carbocycles. The molecule has 4 nitrogen and oxygen atoms in total. The third kappa shape index (κ3) is 6.08. The third-order valence-corrected chi connectivity index (χ3v) is 4.77. The quantitative estimate of drug-likeness (QED) is 0.547. The second-order valence-corrected chi connectivity index (χ2v) is 7.21. The molecule has 0 aromatic heterocycles. The molecule has 150 valence electrons. The van der Waals surface area contributed by atoms with Gasteiger partial charge in [0, 0.05) is 18.1 Å². The van der Waals surface area contributed by atoms with Crippen LogP contribution in [0.2, 0.25) is 5.02 Å². The molecule has 0 bridgehead atoms. The summed E-state index contributed by atoms with van der Waals surface area (Å²) in [6.07, 6.45) is 0.722. The number of hydrogen-bond donors (Lipinski definition) is 1. The fourth-order valence-corrected chi connectivity index (χ4v) is 3.28. The molecule has 0 aliphatic carbocycles. The number of carbonyl (C=O) groups is 1. The van der Waals surface area contributed by atoms with Gasteiger partial charge in [-0.3, -0.25) is 4.79 Å². The number of carbonyl (C=O) groups excluding carboxylic acids is 1. The van der Waals surface area contributed by atoms with Crippen molar-refractivity contribution in [3.8, 4) is 5.75 Å². The van der Waals surface area contributed by atoms with Crippen LogP contribution in [-0.2, 0) is 13.2 Å². The topological polar surface area (TPSA) is 55.6 Å². The first-order valence-electron chi connectivity index (χ1n) is 9.67. The summed E-state index contributed by atoms with van der Waals surface area (Å²) in [5.74, 6) is 0.493. The minimum Gasteiger partial charge on any atom is -0.488 e. The van der Waals surface area contributed by atoms with Crippen molar-refractivity contribution >= 4 is 17.5 Å². The SMILES string of the molecule is NCCCN(Cc1cccc(Cl)c1)C(=O)c1ccccc1OCc1ccccc1. The smallest absolute Gasteiger partial charge is 0.257 e. The Labute approximate surface area is 176 Å². The van der Waals surface area contributed by atoms with Crippen LogP contribution < -0.4 is 10.5 Å². The van der Waals surface area contributed by atoms with E-state index in [1.54, 1.807) is 11.0 Å². The molecule has 3 aromatic carbocycles. The summed E-state index contributed by atoms with van der Waals surface area (Å²) < 4.78 is 5.97. The molecular formula is C24H25ClN2O2. The van der Waals surface area contributed by atoms with Crippen LogP contribution in [0.25, 0.3) is 0 Å². The largest absolute Gasteiger partial charge is 0.488 e. The lowest BCUT2D eigenvalue weighted by Gasteiger charge is -2.24. The van der Waals surface area contributed by atoms with E-state index < -0.39 is 0 Å². The van der Waals surface area contributed by atoms with E-state index in [4.69, 9.17) is 22.1 Å². The Balaban J connectivity index is 1.79. The summed E-state index contributed by atoms with van der Waals surface area (Å²) >= 11 is 6.11. The van der Waals surface area contributed by atoms with Crippen LogP contribution in [0.15, 0.2) is 78.9 Å². The van der Waals surface area contributed by atoms with E-state index in [1.165, 1.54) is 0 Å². The van der Waals surface area contributed by atoms with Crippen LogP contribution in [0.1, 0.15) is 27.9 Å². The standard InChI is InChI=1S/C24H25ClN2O2/c25-21-11-6-10-20(16-21)17-27(15-7-14-26)24(28)22-12-4-5-13-23(22)29-18-19-8-2-1-3-9-19/h1-6,8-13,16H,7,14-15,17-18,26H2. The lowest BCUT2D eigenvalue weighted by molar-refractivity contribution is 0.0737. The highest BCUT2D eigenvalue weighted by molar-refractivity contribution is 6.30. The summed E-state index contributed by atoms with van der Waals surface area (Å²) in [5.41, 5.74) is 8.26. The van der Waals surface area contributed by atoms with Gasteiger partial charge < -0.3 is 15.4 Å². The average Bonchev–Trinajstić information content (AvgIpc) is 2.75. The first kappa shape index (κ1) is 20.9. The van der Waals surface area contributed by atoms with Gasteiger partial charge in [-0.1, -0.05) is 66.2 Å². The molecule has 0 unspecified atom stereocenters. The van der Waals surface area contributed by atoms with Crippen LogP contribution in [0.5, 0.6) is 5.75 Å². The lowest BCUT2D eigenvalue weighted by Crippen LogP contribution is -2.32.